The predicted molar refractivity (Wildman–Crippen MR) is 172 cm³/mol. The first kappa shape index (κ1) is 31.7. The summed E-state index contributed by atoms with van der Waals surface area (Å²) >= 11 is 0. The van der Waals surface area contributed by atoms with Crippen LogP contribution in [-0.4, -0.2) is 71.6 Å². The van der Waals surface area contributed by atoms with E-state index in [0.717, 1.165) is 64.0 Å². The van der Waals surface area contributed by atoms with Crippen molar-refractivity contribution in [3.63, 3.8) is 0 Å². The summed E-state index contributed by atoms with van der Waals surface area (Å²) < 4.78 is 13.2. The van der Waals surface area contributed by atoms with E-state index in [9.17, 15) is 14.0 Å². The first-order chi connectivity index (χ1) is 21.3. The Morgan fingerprint density at radius 1 is 0.886 bits per heavy atom. The Labute approximate surface area is 261 Å². The van der Waals surface area contributed by atoms with Gasteiger partial charge in [0.05, 0.1) is 11.5 Å². The zero-order chi connectivity index (χ0) is 31.1. The first-order valence-corrected chi connectivity index (χ1v) is 16.1. The summed E-state index contributed by atoms with van der Waals surface area (Å²) in [5, 5.41) is 8.74. The minimum Gasteiger partial charge on any atom is -0.465 e. The number of nitrogens with zero attached hydrogens (tertiary/aromatic N) is 3. The van der Waals surface area contributed by atoms with E-state index in [1.165, 1.54) is 28.9 Å². The zero-order valence-electron chi connectivity index (χ0n) is 26.1. The van der Waals surface area contributed by atoms with Gasteiger partial charge in [-0.25, -0.2) is 9.18 Å². The average molecular weight is 600 g/mol. The number of benzene rings is 3. The van der Waals surface area contributed by atoms with Gasteiger partial charge < -0.3 is 19.8 Å². The maximum Gasteiger partial charge on any atom is 0.407 e. The van der Waals surface area contributed by atoms with Crippen LogP contribution in [0.2, 0.25) is 0 Å². The maximum atomic E-state index is 13.8. The molecule has 3 fully saturated rings. The summed E-state index contributed by atoms with van der Waals surface area (Å²) in [6.07, 6.45) is 5.60. The van der Waals surface area contributed by atoms with Gasteiger partial charge >= 0.3 is 6.09 Å². The molecule has 3 aromatic rings. The molecule has 3 aliphatic rings. The molecule has 3 atom stereocenters. The smallest absolute Gasteiger partial charge is 0.407 e. The molecule has 2 aliphatic heterocycles. The highest BCUT2D eigenvalue weighted by Crippen LogP contribution is 2.48. The van der Waals surface area contributed by atoms with Gasteiger partial charge in [-0.2, -0.15) is 0 Å². The number of carbonyl (C=O) groups is 2. The Hall–Kier alpha value is -3.71. The molecular weight excluding hydrogens is 553 g/mol. The van der Waals surface area contributed by atoms with Crippen LogP contribution >= 0.6 is 0 Å². The third-order valence-corrected chi connectivity index (χ3v) is 9.97. The molecule has 1 saturated carbocycles. The highest BCUT2D eigenvalue weighted by molar-refractivity contribution is 5.88. The van der Waals surface area contributed by atoms with Crippen molar-refractivity contribution in [2.24, 2.45) is 5.92 Å². The number of piperidine rings is 2. The molecule has 3 aromatic carbocycles. The Bertz CT molecular complexity index is 1350. The molecule has 1 aliphatic carbocycles. The van der Waals surface area contributed by atoms with Gasteiger partial charge in [0.1, 0.15) is 5.82 Å². The van der Waals surface area contributed by atoms with E-state index in [2.05, 4.69) is 34.1 Å². The molecule has 2 saturated heterocycles. The third kappa shape index (κ3) is 7.49. The predicted octanol–water partition coefficient (Wildman–Crippen LogP) is 7.33. The van der Waals surface area contributed by atoms with Crippen LogP contribution in [0.15, 0.2) is 84.9 Å². The fourth-order valence-electron chi connectivity index (χ4n) is 6.92. The SMILES string of the molecule is C[C@@H](c1ccccc1)N(C)C(=O)O.O=C(N1CCCCC1)C1(c2ccccc2)CCN(C[C@@H]2C[C@@H]2c2ccc(F)cc2)CC1. The molecule has 6 rings (SSSR count). The normalized spacial score (nSPS) is 21.8. The van der Waals surface area contributed by atoms with E-state index in [1.807, 2.05) is 55.5 Å². The lowest BCUT2D eigenvalue weighted by Gasteiger charge is -2.44. The monoisotopic (exact) mass is 599 g/mol. The van der Waals surface area contributed by atoms with Crippen LogP contribution in [0.3, 0.4) is 0 Å². The fourth-order valence-corrected chi connectivity index (χ4v) is 6.92. The molecule has 2 heterocycles. The number of carbonyl (C=O) groups excluding carboxylic acids is 1. The van der Waals surface area contributed by atoms with Crippen LogP contribution in [0.1, 0.15) is 74.1 Å². The molecule has 6 nitrogen and oxygen atoms in total. The summed E-state index contributed by atoms with van der Waals surface area (Å²) in [4.78, 5) is 30.4. The second-order valence-electron chi connectivity index (χ2n) is 12.7. The standard InChI is InChI=1S/C27H33FN2O.C10H13NO2/c28-24-11-9-21(10-12-24)25-19-22(25)20-29-17-13-27(14-18-29,23-7-3-1-4-8-23)26(31)30-15-5-2-6-16-30;1-8(11(2)10(12)13)9-6-4-3-5-7-9/h1,3-4,7-12,22,25H,2,5-6,13-20H2;3-8H,1-2H3,(H,12,13)/t22-,25+;8-/m00/s1. The number of halogens is 1. The Balaban J connectivity index is 0.000000249. The van der Waals surface area contributed by atoms with Crippen LogP contribution in [0.25, 0.3) is 0 Å². The summed E-state index contributed by atoms with van der Waals surface area (Å²) in [5.74, 6) is 1.42. The van der Waals surface area contributed by atoms with Gasteiger partial charge in [-0.1, -0.05) is 72.8 Å². The van der Waals surface area contributed by atoms with Gasteiger partial charge in [0, 0.05) is 26.7 Å². The molecule has 7 heteroatoms. The number of amides is 2. The second-order valence-corrected chi connectivity index (χ2v) is 12.7. The summed E-state index contributed by atoms with van der Waals surface area (Å²) in [5.41, 5.74) is 3.10. The van der Waals surface area contributed by atoms with Crippen molar-refractivity contribution in [2.75, 3.05) is 39.8 Å². The van der Waals surface area contributed by atoms with E-state index in [-0.39, 0.29) is 17.3 Å². The highest BCUT2D eigenvalue weighted by atomic mass is 19.1. The third-order valence-electron chi connectivity index (χ3n) is 9.97. The first-order valence-electron chi connectivity index (χ1n) is 16.1. The summed E-state index contributed by atoms with van der Waals surface area (Å²) in [6, 6.07) is 27.0. The van der Waals surface area contributed by atoms with Crippen LogP contribution in [0.5, 0.6) is 0 Å². The fraction of sp³-hybridized carbons (Fsp3) is 0.459. The van der Waals surface area contributed by atoms with Crippen molar-refractivity contribution in [3.8, 4) is 0 Å². The van der Waals surface area contributed by atoms with E-state index >= 15 is 0 Å². The van der Waals surface area contributed by atoms with Crippen molar-refractivity contribution in [1.29, 1.82) is 0 Å². The topological polar surface area (TPSA) is 64.1 Å². The molecule has 2 amide bonds. The van der Waals surface area contributed by atoms with Crippen LogP contribution in [0, 0.1) is 11.7 Å². The molecule has 44 heavy (non-hydrogen) atoms. The average Bonchev–Trinajstić information content (AvgIpc) is 3.85. The lowest BCUT2D eigenvalue weighted by atomic mass is 9.71. The number of carboxylic acid groups (broad SMARTS) is 1. The molecular formula is C37H46FN3O3. The van der Waals surface area contributed by atoms with Crippen LogP contribution in [-0.2, 0) is 10.2 Å². The van der Waals surface area contributed by atoms with Gasteiger partial charge in [-0.3, -0.25) is 4.79 Å². The molecule has 0 unspecified atom stereocenters. The van der Waals surface area contributed by atoms with Crippen molar-refractivity contribution in [1.82, 2.24) is 14.7 Å². The van der Waals surface area contributed by atoms with E-state index in [0.29, 0.717) is 17.7 Å². The molecule has 0 aromatic heterocycles. The second kappa shape index (κ2) is 14.4. The highest BCUT2D eigenvalue weighted by Gasteiger charge is 2.46. The largest absolute Gasteiger partial charge is 0.465 e. The zero-order valence-corrected chi connectivity index (χ0v) is 26.1. The summed E-state index contributed by atoms with van der Waals surface area (Å²) in [6.45, 7) is 6.73. The molecule has 234 valence electrons. The molecule has 0 radical (unpaired) electrons. The minimum absolute atomic E-state index is 0.0984. The maximum absolute atomic E-state index is 13.8. The lowest BCUT2D eigenvalue weighted by Crippen LogP contribution is -2.54. The van der Waals surface area contributed by atoms with Crippen molar-refractivity contribution in [3.05, 3.63) is 107 Å². The van der Waals surface area contributed by atoms with Gasteiger partial charge in [0.15, 0.2) is 0 Å². The van der Waals surface area contributed by atoms with Crippen LogP contribution in [0.4, 0.5) is 9.18 Å². The van der Waals surface area contributed by atoms with E-state index < -0.39 is 6.09 Å². The number of hydrogen-bond donors (Lipinski definition) is 1. The van der Waals surface area contributed by atoms with Crippen molar-refractivity contribution < 1.29 is 19.1 Å². The number of hydrogen-bond acceptors (Lipinski definition) is 3. The lowest BCUT2D eigenvalue weighted by molar-refractivity contribution is -0.140. The Kier molecular flexibility index (Phi) is 10.4. The molecule has 0 bridgehead atoms. The molecule has 1 N–H and O–H groups in total. The Morgan fingerprint density at radius 2 is 1.48 bits per heavy atom. The minimum atomic E-state index is -0.906. The van der Waals surface area contributed by atoms with Crippen LogP contribution < -0.4 is 0 Å². The van der Waals surface area contributed by atoms with Gasteiger partial charge in [0.25, 0.3) is 0 Å². The van der Waals surface area contributed by atoms with Gasteiger partial charge in [0.2, 0.25) is 5.91 Å². The van der Waals surface area contributed by atoms with Crippen molar-refractivity contribution >= 4 is 12.0 Å². The summed E-state index contributed by atoms with van der Waals surface area (Å²) in [7, 11) is 1.57. The quantitative estimate of drug-likeness (QED) is 0.309. The number of rotatable bonds is 7. The molecule has 0 spiro atoms. The number of likely N-dealkylation sites (tertiary alicyclic amines) is 2. The van der Waals surface area contributed by atoms with Gasteiger partial charge in [-0.05, 0) is 99.2 Å². The van der Waals surface area contributed by atoms with E-state index in [1.54, 1.807) is 19.2 Å². The van der Waals surface area contributed by atoms with Gasteiger partial charge in [-0.15, -0.1) is 0 Å². The van der Waals surface area contributed by atoms with Crippen molar-refractivity contribution in [2.45, 2.75) is 62.8 Å². The Morgan fingerprint density at radius 3 is 2.07 bits per heavy atom. The van der Waals surface area contributed by atoms with E-state index in [4.69, 9.17) is 5.11 Å².